The van der Waals surface area contributed by atoms with Crippen LogP contribution in [-0.2, 0) is 11.3 Å². The number of fused-ring (bicyclic) bond motifs is 1. The summed E-state index contributed by atoms with van der Waals surface area (Å²) in [4.78, 5) is 0. The Hall–Kier alpha value is -1.00. The molecule has 0 saturated carbocycles. The van der Waals surface area contributed by atoms with E-state index in [0.717, 1.165) is 11.1 Å². The summed E-state index contributed by atoms with van der Waals surface area (Å²) in [7, 11) is 0. The second-order valence-corrected chi connectivity index (χ2v) is 3.33. The van der Waals surface area contributed by atoms with Gasteiger partial charge in [-0.25, -0.2) is 8.78 Å². The van der Waals surface area contributed by atoms with Gasteiger partial charge in [-0.05, 0) is 11.1 Å². The second-order valence-electron chi connectivity index (χ2n) is 3.33. The third-order valence-corrected chi connectivity index (χ3v) is 2.45. The van der Waals surface area contributed by atoms with E-state index in [0.29, 0.717) is 0 Å². The molecule has 1 heterocycles. The highest BCUT2D eigenvalue weighted by atomic mass is 19.3. The monoisotopic (exact) mass is 199 g/mol. The minimum atomic E-state index is -2.53. The largest absolute Gasteiger partial charge is 0.366 e. The van der Waals surface area contributed by atoms with Crippen LogP contribution >= 0.6 is 0 Å². The summed E-state index contributed by atoms with van der Waals surface area (Å²) in [6.07, 6.45) is -3.71. The van der Waals surface area contributed by atoms with Gasteiger partial charge in [-0.1, -0.05) is 24.3 Å². The maximum Gasteiger partial charge on any atom is 0.266 e. The lowest BCUT2D eigenvalue weighted by Crippen LogP contribution is -2.38. The summed E-state index contributed by atoms with van der Waals surface area (Å²) in [5.41, 5.74) is 7.35. The predicted molar refractivity (Wildman–Crippen MR) is 48.0 cm³/mol. The Bertz CT molecular complexity index is 330. The number of halogens is 2. The molecule has 0 spiro atoms. The number of rotatable bonds is 1. The summed E-state index contributed by atoms with van der Waals surface area (Å²) in [6.45, 7) is 0.221. The van der Waals surface area contributed by atoms with Crippen molar-refractivity contribution in [3.63, 3.8) is 0 Å². The molecular formula is C10H11F2NO. The summed E-state index contributed by atoms with van der Waals surface area (Å²) >= 11 is 0. The normalized spacial score (nSPS) is 26.3. The molecule has 1 aromatic rings. The van der Waals surface area contributed by atoms with Crippen molar-refractivity contribution in [2.75, 3.05) is 0 Å². The molecule has 76 valence electrons. The van der Waals surface area contributed by atoms with E-state index in [4.69, 9.17) is 10.5 Å². The lowest BCUT2D eigenvalue weighted by molar-refractivity contribution is -0.0850. The molecule has 0 radical (unpaired) electrons. The van der Waals surface area contributed by atoms with Crippen LogP contribution in [0, 0.1) is 0 Å². The first-order valence-corrected chi connectivity index (χ1v) is 4.43. The van der Waals surface area contributed by atoms with E-state index >= 15 is 0 Å². The van der Waals surface area contributed by atoms with Gasteiger partial charge >= 0.3 is 0 Å². The van der Waals surface area contributed by atoms with Crippen molar-refractivity contribution in [1.29, 1.82) is 0 Å². The molecule has 2 N–H and O–H groups in total. The van der Waals surface area contributed by atoms with Gasteiger partial charge in [0.25, 0.3) is 6.43 Å². The molecule has 0 saturated heterocycles. The van der Waals surface area contributed by atoms with Crippen molar-refractivity contribution in [1.82, 2.24) is 0 Å². The molecule has 0 amide bonds. The van der Waals surface area contributed by atoms with Crippen LogP contribution in [0.1, 0.15) is 17.2 Å². The summed E-state index contributed by atoms with van der Waals surface area (Å²) in [6, 6.07) is 6.54. The van der Waals surface area contributed by atoms with Crippen LogP contribution in [0.4, 0.5) is 8.78 Å². The topological polar surface area (TPSA) is 35.2 Å². The highest BCUT2D eigenvalue weighted by molar-refractivity contribution is 5.31. The molecule has 1 unspecified atom stereocenters. The number of ether oxygens (including phenoxy) is 1. The molecule has 0 fully saturated rings. The van der Waals surface area contributed by atoms with Gasteiger partial charge in [0.05, 0.1) is 12.6 Å². The van der Waals surface area contributed by atoms with Crippen LogP contribution in [0.2, 0.25) is 0 Å². The third-order valence-electron chi connectivity index (χ3n) is 2.45. The standard InChI is InChI=1S/C10H11F2NO/c11-10(12)9-8(13)7-4-2-1-3-6(7)5-14-9/h1-4,8-10H,5,13H2/t8-,9?/m0/s1. The summed E-state index contributed by atoms with van der Waals surface area (Å²) < 4.78 is 29.9. The number of hydrogen-bond acceptors (Lipinski definition) is 2. The Kier molecular flexibility index (Phi) is 2.48. The van der Waals surface area contributed by atoms with Gasteiger partial charge in [0.1, 0.15) is 6.10 Å². The van der Waals surface area contributed by atoms with Gasteiger partial charge in [-0.3, -0.25) is 0 Å². The summed E-state index contributed by atoms with van der Waals surface area (Å²) in [5.74, 6) is 0. The Morgan fingerprint density at radius 2 is 2.07 bits per heavy atom. The molecule has 0 bridgehead atoms. The average Bonchev–Trinajstić information content (AvgIpc) is 2.18. The molecular weight excluding hydrogens is 188 g/mol. The fraction of sp³-hybridized carbons (Fsp3) is 0.400. The molecule has 14 heavy (non-hydrogen) atoms. The lowest BCUT2D eigenvalue weighted by Gasteiger charge is -2.30. The van der Waals surface area contributed by atoms with Crippen LogP contribution in [0.3, 0.4) is 0 Å². The van der Waals surface area contributed by atoms with E-state index in [1.165, 1.54) is 0 Å². The zero-order valence-corrected chi connectivity index (χ0v) is 7.49. The zero-order valence-electron chi connectivity index (χ0n) is 7.49. The number of alkyl halides is 2. The molecule has 2 nitrogen and oxygen atoms in total. The first-order valence-electron chi connectivity index (χ1n) is 4.43. The van der Waals surface area contributed by atoms with Gasteiger partial charge in [-0.15, -0.1) is 0 Å². The molecule has 1 aliphatic heterocycles. The van der Waals surface area contributed by atoms with Crippen molar-refractivity contribution in [3.05, 3.63) is 35.4 Å². The molecule has 0 aliphatic carbocycles. The highest BCUT2D eigenvalue weighted by Gasteiger charge is 2.33. The zero-order chi connectivity index (χ0) is 10.1. The van der Waals surface area contributed by atoms with Crippen molar-refractivity contribution in [3.8, 4) is 0 Å². The van der Waals surface area contributed by atoms with E-state index in [2.05, 4.69) is 0 Å². The van der Waals surface area contributed by atoms with Gasteiger partial charge in [-0.2, -0.15) is 0 Å². The number of nitrogens with two attached hydrogens (primary N) is 1. The van der Waals surface area contributed by atoms with E-state index in [1.54, 1.807) is 12.1 Å². The first kappa shape index (κ1) is 9.55. The minimum Gasteiger partial charge on any atom is -0.366 e. The lowest BCUT2D eigenvalue weighted by atomic mass is 9.95. The first-order chi connectivity index (χ1) is 6.70. The molecule has 1 aliphatic rings. The van der Waals surface area contributed by atoms with E-state index in [9.17, 15) is 8.78 Å². The fourth-order valence-electron chi connectivity index (χ4n) is 1.69. The Balaban J connectivity index is 2.31. The second kappa shape index (κ2) is 3.63. The average molecular weight is 199 g/mol. The molecule has 2 atom stereocenters. The molecule has 2 rings (SSSR count). The van der Waals surface area contributed by atoms with Crippen LogP contribution in [-0.4, -0.2) is 12.5 Å². The van der Waals surface area contributed by atoms with Gasteiger partial charge in [0.15, 0.2) is 0 Å². The molecule has 4 heteroatoms. The fourth-order valence-corrected chi connectivity index (χ4v) is 1.69. The minimum absolute atomic E-state index is 0.221. The van der Waals surface area contributed by atoms with E-state index < -0.39 is 18.6 Å². The van der Waals surface area contributed by atoms with Crippen molar-refractivity contribution < 1.29 is 13.5 Å². The van der Waals surface area contributed by atoms with Crippen LogP contribution in [0.25, 0.3) is 0 Å². The summed E-state index contributed by atoms with van der Waals surface area (Å²) in [5, 5.41) is 0. The van der Waals surface area contributed by atoms with Crippen LogP contribution < -0.4 is 5.73 Å². The predicted octanol–water partition coefficient (Wildman–Crippen LogP) is 1.85. The van der Waals surface area contributed by atoms with Gasteiger partial charge < -0.3 is 10.5 Å². The van der Waals surface area contributed by atoms with Crippen molar-refractivity contribution in [2.45, 2.75) is 25.2 Å². The number of hydrogen-bond donors (Lipinski definition) is 1. The van der Waals surface area contributed by atoms with Crippen LogP contribution in [0.5, 0.6) is 0 Å². The van der Waals surface area contributed by atoms with Gasteiger partial charge in [0.2, 0.25) is 0 Å². The van der Waals surface area contributed by atoms with E-state index in [-0.39, 0.29) is 6.61 Å². The number of benzene rings is 1. The van der Waals surface area contributed by atoms with E-state index in [1.807, 2.05) is 12.1 Å². The quantitative estimate of drug-likeness (QED) is 0.749. The highest BCUT2D eigenvalue weighted by Crippen LogP contribution is 2.30. The smallest absolute Gasteiger partial charge is 0.266 e. The Morgan fingerprint density at radius 3 is 2.79 bits per heavy atom. The Morgan fingerprint density at radius 1 is 1.36 bits per heavy atom. The van der Waals surface area contributed by atoms with Crippen molar-refractivity contribution in [2.24, 2.45) is 5.73 Å². The molecule has 0 aromatic heterocycles. The SMILES string of the molecule is N[C@H]1c2ccccc2COC1C(F)F. The molecule has 1 aromatic carbocycles. The Labute approximate surface area is 80.7 Å². The maximum atomic E-state index is 12.5. The third kappa shape index (κ3) is 1.51. The maximum absolute atomic E-state index is 12.5. The van der Waals surface area contributed by atoms with Crippen molar-refractivity contribution >= 4 is 0 Å². The van der Waals surface area contributed by atoms with Gasteiger partial charge in [0, 0.05) is 0 Å². The van der Waals surface area contributed by atoms with Crippen LogP contribution in [0.15, 0.2) is 24.3 Å².